The Balaban J connectivity index is 3.87. The van der Waals surface area contributed by atoms with Crippen molar-refractivity contribution >= 4 is 24.4 Å². The van der Waals surface area contributed by atoms with Gasteiger partial charge in [-0.3, -0.25) is 27.1 Å². The van der Waals surface area contributed by atoms with Gasteiger partial charge in [-0.2, -0.15) is 10.5 Å². The van der Waals surface area contributed by atoms with E-state index in [9.17, 15) is 9.13 Å². The van der Waals surface area contributed by atoms with Gasteiger partial charge in [-0.25, -0.2) is 9.13 Å². The van der Waals surface area contributed by atoms with Gasteiger partial charge in [0.2, 0.25) is 0 Å². The van der Waals surface area contributed by atoms with Crippen LogP contribution in [0.5, 0.6) is 0 Å². The number of rotatable bonds is 41. The molecule has 19 nitrogen and oxygen atoms in total. The van der Waals surface area contributed by atoms with Crippen LogP contribution < -0.4 is 5.73 Å². The minimum absolute atomic E-state index is 0.00134. The third-order valence-corrected chi connectivity index (χ3v) is 12.4. The molecule has 0 radical (unpaired) electrons. The number of unbranched alkanes of at least 4 members (excludes halogenated alkanes) is 3. The van der Waals surface area contributed by atoms with Gasteiger partial charge >= 0.3 is 24.4 Å². The second kappa shape index (κ2) is 35.7. The zero-order valence-corrected chi connectivity index (χ0v) is 33.9. The molecule has 0 saturated carbocycles. The summed E-state index contributed by atoms with van der Waals surface area (Å²) < 4.78 is 101. The van der Waals surface area contributed by atoms with Gasteiger partial charge in [-0.05, 0) is 25.8 Å². The Morgan fingerprint density at radius 3 is 1.15 bits per heavy atom. The lowest BCUT2D eigenvalue weighted by molar-refractivity contribution is -0.0160. The van der Waals surface area contributed by atoms with Crippen molar-refractivity contribution in [1.29, 1.82) is 10.5 Å². The van der Waals surface area contributed by atoms with Crippen LogP contribution >= 0.6 is 15.6 Å². The zero-order valence-electron chi connectivity index (χ0n) is 31.1. The summed E-state index contributed by atoms with van der Waals surface area (Å²) in [6.07, 6.45) is 4.02. The quantitative estimate of drug-likeness (QED) is 0.0522. The van der Waals surface area contributed by atoms with E-state index in [0.29, 0.717) is 71.7 Å². The average molecular weight is 810 g/mol. The first-order valence-electron chi connectivity index (χ1n) is 17.3. The van der Waals surface area contributed by atoms with E-state index in [1.807, 2.05) is 12.1 Å². The molecular weight excluding hydrogens is 748 g/mol. The van der Waals surface area contributed by atoms with Crippen LogP contribution in [-0.2, 0) is 73.2 Å². The molecule has 2 N–H and O–H groups in total. The summed E-state index contributed by atoms with van der Waals surface area (Å²) in [5.74, 6) is 0. The molecule has 52 heavy (non-hydrogen) atoms. The molecular formula is C30H61N3O16P2Si. The lowest BCUT2D eigenvalue weighted by atomic mass is 10.2. The number of hydrogen-bond acceptors (Lipinski definition) is 19. The Morgan fingerprint density at radius 1 is 0.462 bits per heavy atom. The van der Waals surface area contributed by atoms with Crippen molar-refractivity contribution in [2.75, 3.05) is 134 Å². The van der Waals surface area contributed by atoms with Crippen molar-refractivity contribution in [3.63, 3.8) is 0 Å². The van der Waals surface area contributed by atoms with Crippen molar-refractivity contribution in [3.05, 3.63) is 0 Å². The largest absolute Gasteiger partial charge is 0.500 e. The molecule has 0 saturated heterocycles. The van der Waals surface area contributed by atoms with Gasteiger partial charge in [-0.1, -0.05) is 12.8 Å². The maximum absolute atomic E-state index is 12.9. The molecule has 0 fully saturated rings. The Kier molecular flexibility index (Phi) is 35.1. The summed E-state index contributed by atoms with van der Waals surface area (Å²) in [5.41, 5.74) is 5.48. The fourth-order valence-electron chi connectivity index (χ4n) is 3.83. The van der Waals surface area contributed by atoms with Crippen molar-refractivity contribution in [2.45, 2.75) is 51.0 Å². The minimum Gasteiger partial charge on any atom is -0.377 e. The normalized spacial score (nSPS) is 14.1. The molecule has 0 amide bonds. The van der Waals surface area contributed by atoms with Crippen LogP contribution in [0.4, 0.5) is 0 Å². The van der Waals surface area contributed by atoms with E-state index >= 15 is 0 Å². The van der Waals surface area contributed by atoms with Crippen LogP contribution in [0.25, 0.3) is 0 Å². The van der Waals surface area contributed by atoms with Crippen molar-refractivity contribution in [3.8, 4) is 12.1 Å². The van der Waals surface area contributed by atoms with E-state index < -0.39 is 24.4 Å². The van der Waals surface area contributed by atoms with Crippen molar-refractivity contribution in [2.24, 2.45) is 5.73 Å². The summed E-state index contributed by atoms with van der Waals surface area (Å²) in [6.45, 7) is 3.70. The van der Waals surface area contributed by atoms with Gasteiger partial charge < -0.3 is 42.7 Å². The Morgan fingerprint density at radius 2 is 0.788 bits per heavy atom. The molecule has 22 heteroatoms. The molecule has 0 aliphatic rings. The molecule has 0 rings (SSSR count). The molecule has 2 unspecified atom stereocenters. The van der Waals surface area contributed by atoms with Gasteiger partial charge in [0, 0.05) is 27.4 Å². The van der Waals surface area contributed by atoms with Crippen LogP contribution in [0.1, 0.15) is 44.9 Å². The van der Waals surface area contributed by atoms with E-state index in [1.54, 1.807) is 0 Å². The van der Waals surface area contributed by atoms with E-state index in [0.717, 1.165) is 19.3 Å². The Bertz CT molecular complexity index is 998. The number of nitrogens with two attached hydrogens (primary N) is 1. The van der Waals surface area contributed by atoms with Gasteiger partial charge in [0.15, 0.2) is 0 Å². The summed E-state index contributed by atoms with van der Waals surface area (Å²) in [5, 5.41) is 17.4. The summed E-state index contributed by atoms with van der Waals surface area (Å²) in [6, 6.07) is 4.27. The van der Waals surface area contributed by atoms with E-state index in [-0.39, 0.29) is 72.3 Å². The second-order valence-corrected chi connectivity index (χ2v) is 16.8. The maximum Gasteiger partial charge on any atom is 0.500 e. The molecule has 0 aromatic rings. The van der Waals surface area contributed by atoms with Crippen LogP contribution in [0.3, 0.4) is 0 Å². The lowest BCUT2D eigenvalue weighted by Crippen LogP contribution is -2.42. The van der Waals surface area contributed by atoms with Crippen molar-refractivity contribution in [1.82, 2.24) is 0 Å². The Hall–Kier alpha value is -0.943. The smallest absolute Gasteiger partial charge is 0.377 e. The van der Waals surface area contributed by atoms with E-state index in [2.05, 4.69) is 0 Å². The molecule has 0 aromatic carbocycles. The molecule has 0 aliphatic heterocycles. The monoisotopic (exact) mass is 809 g/mol. The summed E-state index contributed by atoms with van der Waals surface area (Å²) in [4.78, 5) is 0. The first-order valence-corrected chi connectivity index (χ1v) is 22.2. The average Bonchev–Trinajstić information content (AvgIpc) is 3.15. The molecule has 0 bridgehead atoms. The molecule has 2 atom stereocenters. The first-order chi connectivity index (χ1) is 25.3. The lowest BCUT2D eigenvalue weighted by Gasteiger charge is -2.24. The standard InChI is InChI=1S/C30H61N3O16P2Si/c1-36-52(37-2,38-3)30-10-17-47-51(35,46-16-9-13-33)49-29-27-43-25-23-41-21-19-39-18-20-40-22-24-42-26-28-48-50(34,45-15-8-12-32)44-14-7-5-4-6-11-31/h4-11,14-31H2,1-3H3. The molecule has 0 spiro atoms. The zero-order chi connectivity index (χ0) is 38.5. The SMILES string of the molecule is CO[Si](CCCOP(=O)(OCCC#N)OCCOCCOCCOCCOCCOCCOP(=O)(OCCC#N)OCCCCCCN)(OC)OC. The van der Waals surface area contributed by atoms with Crippen molar-refractivity contribution < 1.29 is 73.2 Å². The van der Waals surface area contributed by atoms with Gasteiger partial charge in [-0.15, -0.1) is 0 Å². The maximum atomic E-state index is 12.9. The first kappa shape index (κ1) is 51.1. The topological polar surface area (TPSA) is 237 Å². The fourth-order valence-corrected chi connectivity index (χ4v) is 7.89. The highest BCUT2D eigenvalue weighted by molar-refractivity contribution is 7.48. The van der Waals surface area contributed by atoms with Crippen LogP contribution in [0, 0.1) is 22.7 Å². The number of nitrogens with zero attached hydrogens (tertiary/aromatic N) is 2. The number of phosphoric ester groups is 2. The van der Waals surface area contributed by atoms with Crippen LogP contribution in [-0.4, -0.2) is 142 Å². The predicted molar refractivity (Wildman–Crippen MR) is 189 cm³/mol. The fraction of sp³-hybridized carbons (Fsp3) is 0.933. The van der Waals surface area contributed by atoms with E-state index in [4.69, 9.17) is 80.4 Å². The summed E-state index contributed by atoms with van der Waals surface area (Å²) in [7, 11) is -5.95. The highest BCUT2D eigenvalue weighted by atomic mass is 31.2. The molecule has 0 aliphatic carbocycles. The number of nitriles is 2. The van der Waals surface area contributed by atoms with Gasteiger partial charge in [0.05, 0.1) is 131 Å². The third kappa shape index (κ3) is 29.4. The number of phosphoric acid groups is 2. The van der Waals surface area contributed by atoms with Gasteiger partial charge in [0.1, 0.15) is 0 Å². The molecule has 0 heterocycles. The summed E-state index contributed by atoms with van der Waals surface area (Å²) >= 11 is 0. The second-order valence-electron chi connectivity index (χ2n) is 10.4. The number of ether oxygens (including phenoxy) is 5. The molecule has 0 aromatic heterocycles. The number of hydrogen-bond donors (Lipinski definition) is 1. The van der Waals surface area contributed by atoms with E-state index in [1.165, 1.54) is 21.3 Å². The minimum atomic E-state index is -3.90. The predicted octanol–water partition coefficient (Wildman–Crippen LogP) is 4.00. The van der Waals surface area contributed by atoms with Crippen LogP contribution in [0.2, 0.25) is 6.04 Å². The third-order valence-electron chi connectivity index (χ3n) is 6.53. The Labute approximate surface area is 310 Å². The highest BCUT2D eigenvalue weighted by Gasteiger charge is 2.37. The highest BCUT2D eigenvalue weighted by Crippen LogP contribution is 2.50. The van der Waals surface area contributed by atoms with Crippen LogP contribution in [0.15, 0.2) is 0 Å². The molecule has 306 valence electrons. The van der Waals surface area contributed by atoms with Gasteiger partial charge in [0.25, 0.3) is 0 Å².